The lowest BCUT2D eigenvalue weighted by Gasteiger charge is -2.15. The number of carbonyl (C=O) groups is 1. The zero-order chi connectivity index (χ0) is 12.1. The van der Waals surface area contributed by atoms with Gasteiger partial charge in [0.1, 0.15) is 6.26 Å². The topological polar surface area (TPSA) is 64.4 Å². The van der Waals surface area contributed by atoms with Gasteiger partial charge in [-0.15, -0.1) is 0 Å². The number of nitrogens with zero attached hydrogens (tertiary/aromatic N) is 1. The summed E-state index contributed by atoms with van der Waals surface area (Å²) in [6, 6.07) is 0. The van der Waals surface area contributed by atoms with E-state index >= 15 is 0 Å². The van der Waals surface area contributed by atoms with Crippen LogP contribution in [-0.2, 0) is 4.74 Å². The van der Waals surface area contributed by atoms with Crippen LogP contribution >= 0.6 is 0 Å². The third-order valence-corrected chi connectivity index (χ3v) is 2.46. The number of carbonyl (C=O) groups excluding carboxylic acids is 1. The fourth-order valence-corrected chi connectivity index (χ4v) is 0.961. The molecule has 0 radical (unpaired) electrons. The van der Waals surface area contributed by atoms with Crippen molar-refractivity contribution in [1.29, 1.82) is 0 Å². The molecule has 1 rings (SSSR count). The van der Waals surface area contributed by atoms with E-state index in [0.29, 0.717) is 30.2 Å². The lowest BCUT2D eigenvalue weighted by molar-refractivity contribution is 0.133. The van der Waals surface area contributed by atoms with E-state index in [2.05, 4.69) is 24.1 Å². The van der Waals surface area contributed by atoms with Gasteiger partial charge in [-0.05, 0) is 11.8 Å². The van der Waals surface area contributed by atoms with Crippen LogP contribution < -0.4 is 5.32 Å². The number of oxazole rings is 1. The number of aryl methyl sites for hydroxylation is 1. The van der Waals surface area contributed by atoms with Gasteiger partial charge in [0.05, 0.1) is 6.61 Å². The smallest absolute Gasteiger partial charge is 0.412 e. The minimum absolute atomic E-state index is 0.338. The van der Waals surface area contributed by atoms with Crippen LogP contribution in [0.5, 0.6) is 0 Å². The van der Waals surface area contributed by atoms with Gasteiger partial charge >= 0.3 is 6.09 Å². The fraction of sp³-hybridized carbons (Fsp3) is 0.636. The Morgan fingerprint density at radius 2 is 2.25 bits per heavy atom. The first-order valence-electron chi connectivity index (χ1n) is 5.35. The summed E-state index contributed by atoms with van der Waals surface area (Å²) in [5, 5.41) is 2.49. The Morgan fingerprint density at radius 3 is 2.75 bits per heavy atom. The molecule has 0 aliphatic heterocycles. The zero-order valence-corrected chi connectivity index (χ0v) is 10.1. The van der Waals surface area contributed by atoms with E-state index in [9.17, 15) is 4.79 Å². The third-order valence-electron chi connectivity index (χ3n) is 2.46. The summed E-state index contributed by atoms with van der Waals surface area (Å²) in [6.45, 7) is 8.33. The van der Waals surface area contributed by atoms with Crippen LogP contribution in [-0.4, -0.2) is 17.7 Å². The Labute approximate surface area is 95.2 Å². The average Bonchev–Trinajstić information content (AvgIpc) is 2.60. The van der Waals surface area contributed by atoms with Crippen molar-refractivity contribution in [2.75, 3.05) is 11.9 Å². The molecule has 1 N–H and O–H groups in total. The second-order valence-electron chi connectivity index (χ2n) is 4.20. The quantitative estimate of drug-likeness (QED) is 0.857. The molecule has 0 bridgehead atoms. The second-order valence-corrected chi connectivity index (χ2v) is 4.20. The first kappa shape index (κ1) is 12.5. The molecule has 16 heavy (non-hydrogen) atoms. The Hall–Kier alpha value is -1.52. The van der Waals surface area contributed by atoms with Crippen molar-refractivity contribution in [3.8, 4) is 0 Å². The number of hydrogen-bond donors (Lipinski definition) is 1. The van der Waals surface area contributed by atoms with Gasteiger partial charge in [0.2, 0.25) is 0 Å². The normalized spacial score (nSPS) is 12.6. The van der Waals surface area contributed by atoms with Gasteiger partial charge in [-0.25, -0.2) is 4.79 Å². The minimum Gasteiger partial charge on any atom is -0.449 e. The van der Waals surface area contributed by atoms with Crippen LogP contribution in [0.3, 0.4) is 0 Å². The van der Waals surface area contributed by atoms with E-state index < -0.39 is 6.09 Å². The predicted octanol–water partition coefficient (Wildman–Crippen LogP) is 2.82. The Morgan fingerprint density at radius 1 is 1.56 bits per heavy atom. The monoisotopic (exact) mass is 226 g/mol. The maximum atomic E-state index is 11.3. The van der Waals surface area contributed by atoms with Crippen LogP contribution in [0.15, 0.2) is 10.7 Å². The highest BCUT2D eigenvalue weighted by Crippen LogP contribution is 2.11. The number of anilines is 1. The summed E-state index contributed by atoms with van der Waals surface area (Å²) in [5.74, 6) is 1.71. The van der Waals surface area contributed by atoms with Crippen molar-refractivity contribution in [3.05, 3.63) is 12.2 Å². The van der Waals surface area contributed by atoms with Crippen molar-refractivity contribution in [3.63, 3.8) is 0 Å². The predicted molar refractivity (Wildman–Crippen MR) is 60.2 cm³/mol. The van der Waals surface area contributed by atoms with Crippen molar-refractivity contribution in [1.82, 2.24) is 4.98 Å². The number of amides is 1. The lowest BCUT2D eigenvalue weighted by atomic mass is 10.00. The van der Waals surface area contributed by atoms with Crippen LogP contribution in [0.25, 0.3) is 0 Å². The van der Waals surface area contributed by atoms with Crippen molar-refractivity contribution in [2.45, 2.75) is 27.7 Å². The molecule has 1 aromatic heterocycles. The van der Waals surface area contributed by atoms with Gasteiger partial charge in [-0.3, -0.25) is 5.32 Å². The van der Waals surface area contributed by atoms with Gasteiger partial charge in [0, 0.05) is 6.92 Å². The van der Waals surface area contributed by atoms with Crippen molar-refractivity contribution >= 4 is 11.9 Å². The van der Waals surface area contributed by atoms with Crippen LogP contribution in [0.4, 0.5) is 10.6 Å². The van der Waals surface area contributed by atoms with Crippen LogP contribution in [0.1, 0.15) is 26.7 Å². The first-order chi connectivity index (χ1) is 7.49. The molecule has 5 heteroatoms. The summed E-state index contributed by atoms with van der Waals surface area (Å²) in [5.41, 5.74) is 0. The molecule has 0 unspecified atom stereocenters. The summed E-state index contributed by atoms with van der Waals surface area (Å²) >= 11 is 0. The standard InChI is InChI=1S/C11H18N2O3/c1-7(2)8(3)5-16-11(14)13-10-6-15-9(4)12-10/h6-8H,5H2,1-4H3,(H,13,14)/t8-/m0/s1. The average molecular weight is 226 g/mol. The summed E-state index contributed by atoms with van der Waals surface area (Å²) in [4.78, 5) is 15.3. The zero-order valence-electron chi connectivity index (χ0n) is 10.1. The van der Waals surface area contributed by atoms with E-state index in [4.69, 9.17) is 9.15 Å². The lowest BCUT2D eigenvalue weighted by Crippen LogP contribution is -2.20. The molecule has 90 valence electrons. The van der Waals surface area contributed by atoms with Crippen molar-refractivity contribution in [2.24, 2.45) is 11.8 Å². The number of rotatable bonds is 4. The molecular weight excluding hydrogens is 208 g/mol. The molecule has 0 aliphatic carbocycles. The summed E-state index contributed by atoms with van der Waals surface area (Å²) in [7, 11) is 0. The van der Waals surface area contributed by atoms with Gasteiger partial charge in [0.15, 0.2) is 11.7 Å². The summed E-state index contributed by atoms with van der Waals surface area (Å²) < 4.78 is 9.99. The van der Waals surface area contributed by atoms with Crippen molar-refractivity contribution < 1.29 is 13.9 Å². The van der Waals surface area contributed by atoms with Crippen LogP contribution in [0, 0.1) is 18.8 Å². The van der Waals surface area contributed by atoms with E-state index in [-0.39, 0.29) is 0 Å². The molecule has 5 nitrogen and oxygen atoms in total. The number of nitrogens with one attached hydrogen (secondary N) is 1. The summed E-state index contributed by atoms with van der Waals surface area (Å²) in [6.07, 6.45) is 0.878. The highest BCUT2D eigenvalue weighted by molar-refractivity contribution is 5.82. The molecular formula is C11H18N2O3. The van der Waals surface area contributed by atoms with Gasteiger partial charge in [-0.2, -0.15) is 4.98 Å². The Kier molecular flexibility index (Phi) is 4.34. The molecule has 0 aliphatic rings. The maximum Gasteiger partial charge on any atom is 0.412 e. The maximum absolute atomic E-state index is 11.3. The van der Waals surface area contributed by atoms with Gasteiger partial charge in [-0.1, -0.05) is 20.8 Å². The Bertz CT molecular complexity index is 347. The molecule has 0 spiro atoms. The third kappa shape index (κ3) is 3.92. The van der Waals surface area contributed by atoms with E-state index in [1.165, 1.54) is 6.26 Å². The van der Waals surface area contributed by atoms with Gasteiger partial charge < -0.3 is 9.15 Å². The number of hydrogen-bond acceptors (Lipinski definition) is 4. The largest absolute Gasteiger partial charge is 0.449 e. The molecule has 1 aromatic rings. The van der Waals surface area contributed by atoms with E-state index in [1.54, 1.807) is 6.92 Å². The van der Waals surface area contributed by atoms with E-state index in [0.717, 1.165) is 0 Å². The van der Waals surface area contributed by atoms with Crippen LogP contribution in [0.2, 0.25) is 0 Å². The highest BCUT2D eigenvalue weighted by Gasteiger charge is 2.11. The number of ether oxygens (including phenoxy) is 1. The molecule has 1 heterocycles. The molecule has 1 atom stereocenters. The minimum atomic E-state index is -0.499. The first-order valence-corrected chi connectivity index (χ1v) is 5.35. The van der Waals surface area contributed by atoms with Gasteiger partial charge in [0.25, 0.3) is 0 Å². The second kappa shape index (κ2) is 5.53. The SMILES string of the molecule is Cc1nc(NC(=O)OC[C@H](C)C(C)C)co1. The molecule has 0 fully saturated rings. The molecule has 0 saturated carbocycles. The number of aromatic nitrogens is 1. The highest BCUT2D eigenvalue weighted by atomic mass is 16.5. The Balaban J connectivity index is 2.31. The molecule has 0 saturated heterocycles. The fourth-order valence-electron chi connectivity index (χ4n) is 0.961. The molecule has 1 amide bonds. The van der Waals surface area contributed by atoms with E-state index in [1.807, 2.05) is 6.92 Å². The molecule has 0 aromatic carbocycles.